The topological polar surface area (TPSA) is 127 Å². The highest BCUT2D eigenvalue weighted by Gasteiger charge is 2.30. The summed E-state index contributed by atoms with van der Waals surface area (Å²) in [5.41, 5.74) is -0.656. The monoisotopic (exact) mass is 366 g/mol. The van der Waals surface area contributed by atoms with Gasteiger partial charge >= 0.3 is 5.97 Å². The van der Waals surface area contributed by atoms with Crippen molar-refractivity contribution in [3.05, 3.63) is 51.3 Å². The summed E-state index contributed by atoms with van der Waals surface area (Å²) in [4.78, 5) is 33.4. The number of anilines is 1. The number of benzene rings is 1. The van der Waals surface area contributed by atoms with E-state index in [1.165, 1.54) is 49.1 Å². The number of carboxylic acid groups (broad SMARTS) is 1. The van der Waals surface area contributed by atoms with Crippen LogP contribution in [-0.4, -0.2) is 31.7 Å². The fourth-order valence-electron chi connectivity index (χ4n) is 1.96. The van der Waals surface area contributed by atoms with Gasteiger partial charge in [0.25, 0.3) is 5.69 Å². The molecule has 0 bridgehead atoms. The van der Waals surface area contributed by atoms with Crippen LogP contribution in [0.2, 0.25) is 5.02 Å². The Morgan fingerprint density at radius 1 is 1.44 bits per heavy atom. The predicted octanol–water partition coefficient (Wildman–Crippen LogP) is 2.45. The second kappa shape index (κ2) is 6.89. The molecule has 0 saturated heterocycles. The van der Waals surface area contributed by atoms with Crippen LogP contribution in [0.1, 0.15) is 19.4 Å². The molecular formula is C15H15ClN4O5. The summed E-state index contributed by atoms with van der Waals surface area (Å²) in [6.07, 6.45) is 2.65. The molecule has 0 radical (unpaired) electrons. The van der Waals surface area contributed by atoms with E-state index in [-0.39, 0.29) is 17.1 Å². The fraction of sp³-hybridized carbons (Fsp3) is 0.267. The van der Waals surface area contributed by atoms with E-state index in [9.17, 15) is 19.7 Å². The van der Waals surface area contributed by atoms with Crippen LogP contribution in [0.15, 0.2) is 30.6 Å². The van der Waals surface area contributed by atoms with Crippen molar-refractivity contribution in [3.63, 3.8) is 0 Å². The number of carbonyl (C=O) groups excluding carboxylic acids is 1. The van der Waals surface area contributed by atoms with Crippen molar-refractivity contribution >= 4 is 34.9 Å². The van der Waals surface area contributed by atoms with Crippen molar-refractivity contribution in [2.45, 2.75) is 25.8 Å². The number of amides is 1. The third-order valence-electron chi connectivity index (χ3n) is 3.56. The number of aromatic nitrogens is 2. The maximum absolute atomic E-state index is 12.1. The lowest BCUT2D eigenvalue weighted by molar-refractivity contribution is -0.384. The van der Waals surface area contributed by atoms with E-state index in [0.29, 0.717) is 11.3 Å². The number of rotatable bonds is 6. The van der Waals surface area contributed by atoms with Crippen molar-refractivity contribution in [1.82, 2.24) is 9.78 Å². The first kappa shape index (κ1) is 18.4. The van der Waals surface area contributed by atoms with E-state index in [4.69, 9.17) is 16.7 Å². The minimum absolute atomic E-state index is 0.0929. The van der Waals surface area contributed by atoms with E-state index in [0.717, 1.165) is 0 Å². The molecular weight excluding hydrogens is 352 g/mol. The molecule has 1 heterocycles. The zero-order valence-corrected chi connectivity index (χ0v) is 14.1. The number of carbonyl (C=O) groups is 2. The Bertz CT molecular complexity index is 846. The van der Waals surface area contributed by atoms with Gasteiger partial charge in [0.15, 0.2) is 5.54 Å². The molecule has 0 aliphatic heterocycles. The van der Waals surface area contributed by atoms with E-state index in [1.807, 2.05) is 0 Å². The maximum Gasteiger partial charge on any atom is 0.331 e. The van der Waals surface area contributed by atoms with Crippen molar-refractivity contribution in [1.29, 1.82) is 0 Å². The quantitative estimate of drug-likeness (QED) is 0.597. The first-order valence-electron chi connectivity index (χ1n) is 7.12. The zero-order valence-electron chi connectivity index (χ0n) is 13.4. The molecule has 2 rings (SSSR count). The smallest absolute Gasteiger partial charge is 0.331 e. The Kier molecular flexibility index (Phi) is 5.07. The number of non-ortho nitro benzene ring substituents is 1. The molecule has 2 N–H and O–H groups in total. The van der Waals surface area contributed by atoms with Crippen LogP contribution < -0.4 is 5.32 Å². The molecule has 0 atom stereocenters. The van der Waals surface area contributed by atoms with Gasteiger partial charge in [0.2, 0.25) is 5.91 Å². The number of halogens is 1. The summed E-state index contributed by atoms with van der Waals surface area (Å²) in [5.74, 6) is -1.48. The van der Waals surface area contributed by atoms with Crippen LogP contribution in [0.5, 0.6) is 0 Å². The predicted molar refractivity (Wildman–Crippen MR) is 89.6 cm³/mol. The number of nitrogens with zero attached hydrogens (tertiary/aromatic N) is 3. The lowest BCUT2D eigenvalue weighted by atomic mass is 10.1. The molecule has 0 aliphatic carbocycles. The lowest BCUT2D eigenvalue weighted by Crippen LogP contribution is -2.35. The minimum Gasteiger partial charge on any atom is -0.479 e. The number of nitro groups is 1. The molecule has 1 amide bonds. The Balaban J connectivity index is 2.08. The van der Waals surface area contributed by atoms with Gasteiger partial charge < -0.3 is 10.4 Å². The fourth-order valence-corrected chi connectivity index (χ4v) is 2.20. The molecule has 9 nitrogen and oxygen atoms in total. The van der Waals surface area contributed by atoms with E-state index in [1.54, 1.807) is 0 Å². The largest absolute Gasteiger partial charge is 0.479 e. The first-order chi connectivity index (χ1) is 11.6. The normalized spacial score (nSPS) is 11.2. The number of hydrogen-bond donors (Lipinski definition) is 2. The first-order valence-corrected chi connectivity index (χ1v) is 7.50. The summed E-state index contributed by atoms with van der Waals surface area (Å²) >= 11 is 5.95. The molecule has 0 spiro atoms. The number of hydrogen-bond acceptors (Lipinski definition) is 5. The summed E-state index contributed by atoms with van der Waals surface area (Å²) < 4.78 is 1.23. The number of nitrogens with one attached hydrogen (secondary N) is 1. The highest BCUT2D eigenvalue weighted by Crippen LogP contribution is 2.23. The summed E-state index contributed by atoms with van der Waals surface area (Å²) in [5, 5.41) is 26.5. The number of nitro benzene ring substituents is 1. The lowest BCUT2D eigenvalue weighted by Gasteiger charge is -2.19. The molecule has 0 saturated carbocycles. The molecule has 0 unspecified atom stereocenters. The molecule has 1 aromatic heterocycles. The van der Waals surface area contributed by atoms with Gasteiger partial charge in [0.1, 0.15) is 0 Å². The third kappa shape index (κ3) is 4.13. The van der Waals surface area contributed by atoms with Crippen LogP contribution in [0.25, 0.3) is 0 Å². The highest BCUT2D eigenvalue weighted by atomic mass is 35.5. The van der Waals surface area contributed by atoms with E-state index >= 15 is 0 Å². The average Bonchev–Trinajstić information content (AvgIpc) is 2.98. The number of carboxylic acids is 1. The van der Waals surface area contributed by atoms with Gasteiger partial charge in [-0.15, -0.1) is 0 Å². The Morgan fingerprint density at radius 2 is 2.12 bits per heavy atom. The maximum atomic E-state index is 12.1. The molecule has 10 heteroatoms. The standard InChI is InChI=1S/C15H15ClN4O5/c1-15(2,14(22)23)19-8-10(7-17-19)18-13(21)5-9-3-4-11(20(24)25)6-12(9)16/h3-4,6-8H,5H2,1-2H3,(H,18,21)(H,22,23). The summed E-state index contributed by atoms with van der Waals surface area (Å²) in [6, 6.07) is 3.86. The Labute approximate surface area is 147 Å². The summed E-state index contributed by atoms with van der Waals surface area (Å²) in [6.45, 7) is 2.95. The number of aliphatic carboxylic acids is 1. The van der Waals surface area contributed by atoms with Crippen molar-refractivity contribution in [3.8, 4) is 0 Å². The molecule has 0 fully saturated rings. The average molecular weight is 367 g/mol. The van der Waals surface area contributed by atoms with Gasteiger partial charge in [0.05, 0.1) is 28.3 Å². The summed E-state index contributed by atoms with van der Waals surface area (Å²) in [7, 11) is 0. The van der Waals surface area contributed by atoms with Crippen LogP contribution in [0.4, 0.5) is 11.4 Å². The van der Waals surface area contributed by atoms with Crippen molar-refractivity contribution in [2.75, 3.05) is 5.32 Å². The van der Waals surface area contributed by atoms with Gasteiger partial charge in [-0.1, -0.05) is 17.7 Å². The molecule has 0 aliphatic rings. The van der Waals surface area contributed by atoms with Crippen LogP contribution in [0, 0.1) is 10.1 Å². The second-order valence-corrected chi connectivity index (χ2v) is 6.20. The van der Waals surface area contributed by atoms with Gasteiger partial charge in [-0.05, 0) is 19.4 Å². The SMILES string of the molecule is CC(C)(C(=O)O)n1cc(NC(=O)Cc2ccc([N+](=O)[O-])cc2Cl)cn1. The van der Waals surface area contributed by atoms with E-state index < -0.39 is 22.3 Å². The van der Waals surface area contributed by atoms with Gasteiger partial charge in [-0.2, -0.15) is 5.10 Å². The van der Waals surface area contributed by atoms with Gasteiger partial charge in [-0.3, -0.25) is 19.6 Å². The van der Waals surface area contributed by atoms with Crippen LogP contribution in [-0.2, 0) is 21.5 Å². The molecule has 25 heavy (non-hydrogen) atoms. The molecule has 1 aromatic carbocycles. The van der Waals surface area contributed by atoms with Crippen molar-refractivity contribution < 1.29 is 19.6 Å². The van der Waals surface area contributed by atoms with Gasteiger partial charge in [-0.25, -0.2) is 4.79 Å². The van der Waals surface area contributed by atoms with Gasteiger partial charge in [0, 0.05) is 18.3 Å². The van der Waals surface area contributed by atoms with Crippen LogP contribution >= 0.6 is 11.6 Å². The minimum atomic E-state index is -1.26. The molecule has 132 valence electrons. The van der Waals surface area contributed by atoms with Crippen LogP contribution in [0.3, 0.4) is 0 Å². The Morgan fingerprint density at radius 3 is 2.68 bits per heavy atom. The van der Waals surface area contributed by atoms with E-state index in [2.05, 4.69) is 10.4 Å². The van der Waals surface area contributed by atoms with Crippen molar-refractivity contribution in [2.24, 2.45) is 0 Å². The third-order valence-corrected chi connectivity index (χ3v) is 3.91. The second-order valence-electron chi connectivity index (χ2n) is 5.80. The highest BCUT2D eigenvalue weighted by molar-refractivity contribution is 6.31. The zero-order chi connectivity index (χ0) is 18.8. The molecule has 2 aromatic rings. The Hall–Kier alpha value is -2.94.